The predicted octanol–water partition coefficient (Wildman–Crippen LogP) is 3.51. The van der Waals surface area contributed by atoms with E-state index in [9.17, 15) is 4.79 Å². The van der Waals surface area contributed by atoms with Gasteiger partial charge in [-0.1, -0.05) is 48.5 Å². The molecule has 1 aliphatic heterocycles. The number of hydrogen-bond acceptors (Lipinski definition) is 3. The zero-order valence-electron chi connectivity index (χ0n) is 15.3. The van der Waals surface area contributed by atoms with E-state index in [0.717, 1.165) is 22.6 Å². The third-order valence-electron chi connectivity index (χ3n) is 4.87. The number of amides is 1. The van der Waals surface area contributed by atoms with E-state index in [0.29, 0.717) is 18.5 Å². The Bertz CT molecular complexity index is 1000. The van der Waals surface area contributed by atoms with Gasteiger partial charge in [-0.05, 0) is 35.9 Å². The average molecular weight is 371 g/mol. The van der Waals surface area contributed by atoms with Crippen LogP contribution in [0.25, 0.3) is 0 Å². The van der Waals surface area contributed by atoms with Crippen LogP contribution in [0.15, 0.2) is 78.9 Å². The van der Waals surface area contributed by atoms with Gasteiger partial charge in [0, 0.05) is 23.2 Å². The van der Waals surface area contributed by atoms with Gasteiger partial charge in [-0.25, -0.2) is 0 Å². The molecule has 1 heterocycles. The molecule has 0 aliphatic carbocycles. The van der Waals surface area contributed by atoms with Gasteiger partial charge >= 0.3 is 0 Å². The standard InChI is InChI=1S/C23H21N3O2/c24-22(25)17-10-12-19(13-11-17)26-15-18-8-4-5-9-20(18)28-21(23(26)27)14-16-6-2-1-3-7-16/h1-13,21H,14-15H2,(H3,24,25). The molecule has 1 unspecified atom stereocenters. The van der Waals surface area contributed by atoms with Gasteiger partial charge < -0.3 is 15.4 Å². The second kappa shape index (κ2) is 7.56. The number of amidine groups is 1. The Morgan fingerprint density at radius 2 is 1.68 bits per heavy atom. The van der Waals surface area contributed by atoms with Crippen molar-refractivity contribution in [2.24, 2.45) is 5.73 Å². The largest absolute Gasteiger partial charge is 0.480 e. The van der Waals surface area contributed by atoms with Crippen LogP contribution in [-0.2, 0) is 17.8 Å². The normalized spacial score (nSPS) is 16.1. The molecule has 140 valence electrons. The van der Waals surface area contributed by atoms with E-state index in [1.807, 2.05) is 66.7 Å². The minimum atomic E-state index is -0.612. The number of hydrogen-bond donors (Lipinski definition) is 2. The van der Waals surface area contributed by atoms with Crippen molar-refractivity contribution >= 4 is 17.4 Å². The van der Waals surface area contributed by atoms with Crippen LogP contribution in [0.1, 0.15) is 16.7 Å². The zero-order chi connectivity index (χ0) is 19.5. The van der Waals surface area contributed by atoms with Crippen molar-refractivity contribution < 1.29 is 9.53 Å². The monoisotopic (exact) mass is 371 g/mol. The zero-order valence-corrected chi connectivity index (χ0v) is 15.3. The van der Waals surface area contributed by atoms with Gasteiger partial charge in [-0.3, -0.25) is 10.2 Å². The molecule has 3 aromatic carbocycles. The van der Waals surface area contributed by atoms with Crippen LogP contribution < -0.4 is 15.4 Å². The van der Waals surface area contributed by atoms with Gasteiger partial charge in [0.25, 0.3) is 5.91 Å². The summed E-state index contributed by atoms with van der Waals surface area (Å²) in [6.45, 7) is 0.430. The van der Waals surface area contributed by atoms with Crippen LogP contribution in [0.3, 0.4) is 0 Å². The number of nitrogens with two attached hydrogens (primary N) is 1. The van der Waals surface area contributed by atoms with Crippen molar-refractivity contribution in [2.45, 2.75) is 19.1 Å². The van der Waals surface area contributed by atoms with Crippen LogP contribution in [0.2, 0.25) is 0 Å². The highest BCUT2D eigenvalue weighted by Gasteiger charge is 2.32. The van der Waals surface area contributed by atoms with Gasteiger partial charge in [0.05, 0.1) is 6.54 Å². The molecule has 3 aromatic rings. The number of ether oxygens (including phenoxy) is 1. The summed E-state index contributed by atoms with van der Waals surface area (Å²) in [5, 5.41) is 7.56. The summed E-state index contributed by atoms with van der Waals surface area (Å²) < 4.78 is 6.14. The average Bonchev–Trinajstić information content (AvgIpc) is 2.86. The number of carbonyl (C=O) groups excluding carboxylic acids is 1. The van der Waals surface area contributed by atoms with E-state index >= 15 is 0 Å². The van der Waals surface area contributed by atoms with E-state index in [1.165, 1.54) is 0 Å². The van der Waals surface area contributed by atoms with Crippen molar-refractivity contribution in [2.75, 3.05) is 4.90 Å². The molecule has 3 N–H and O–H groups in total. The maximum absolute atomic E-state index is 13.4. The third kappa shape index (κ3) is 3.60. The summed E-state index contributed by atoms with van der Waals surface area (Å²) in [4.78, 5) is 15.1. The molecule has 5 nitrogen and oxygen atoms in total. The molecule has 0 bridgehead atoms. The minimum absolute atomic E-state index is 0.00405. The molecular formula is C23H21N3O2. The maximum atomic E-state index is 13.4. The third-order valence-corrected chi connectivity index (χ3v) is 4.87. The quantitative estimate of drug-likeness (QED) is 0.544. The molecule has 0 fully saturated rings. The Hall–Kier alpha value is -3.60. The fourth-order valence-electron chi connectivity index (χ4n) is 3.37. The first-order chi connectivity index (χ1) is 13.6. The van der Waals surface area contributed by atoms with E-state index in [4.69, 9.17) is 15.9 Å². The summed E-state index contributed by atoms with van der Waals surface area (Å²) >= 11 is 0. The molecule has 0 radical (unpaired) electrons. The van der Waals surface area contributed by atoms with Crippen molar-refractivity contribution in [1.29, 1.82) is 5.41 Å². The van der Waals surface area contributed by atoms with Gasteiger partial charge in [0.15, 0.2) is 6.10 Å². The van der Waals surface area contributed by atoms with E-state index in [-0.39, 0.29) is 11.7 Å². The SMILES string of the molecule is N=C(N)c1ccc(N2Cc3ccccc3OC(Cc3ccccc3)C2=O)cc1. The van der Waals surface area contributed by atoms with E-state index in [2.05, 4.69) is 0 Å². The number of nitrogens with zero attached hydrogens (tertiary/aromatic N) is 1. The Balaban J connectivity index is 1.70. The van der Waals surface area contributed by atoms with Gasteiger partial charge in [0.2, 0.25) is 0 Å². The molecule has 1 atom stereocenters. The summed E-state index contributed by atoms with van der Waals surface area (Å²) in [6, 6.07) is 24.8. The summed E-state index contributed by atoms with van der Waals surface area (Å²) in [7, 11) is 0. The molecular weight excluding hydrogens is 350 g/mol. The van der Waals surface area contributed by atoms with Crippen molar-refractivity contribution in [3.8, 4) is 5.75 Å². The van der Waals surface area contributed by atoms with E-state index < -0.39 is 6.10 Å². The Labute approximate surface area is 163 Å². The predicted molar refractivity (Wildman–Crippen MR) is 110 cm³/mol. The Morgan fingerprint density at radius 1 is 1.00 bits per heavy atom. The highest BCUT2D eigenvalue weighted by Crippen LogP contribution is 2.30. The maximum Gasteiger partial charge on any atom is 0.268 e. The summed E-state index contributed by atoms with van der Waals surface area (Å²) in [5.74, 6) is 0.652. The highest BCUT2D eigenvalue weighted by molar-refractivity contribution is 5.99. The van der Waals surface area contributed by atoms with Crippen molar-refractivity contribution in [3.05, 3.63) is 95.6 Å². The molecule has 1 amide bonds. The molecule has 4 rings (SSSR count). The topological polar surface area (TPSA) is 79.4 Å². The van der Waals surface area contributed by atoms with Gasteiger partial charge in [0.1, 0.15) is 11.6 Å². The number of para-hydroxylation sites is 1. The second-order valence-electron chi connectivity index (χ2n) is 6.79. The lowest BCUT2D eigenvalue weighted by Crippen LogP contribution is -2.41. The Morgan fingerprint density at radius 3 is 2.39 bits per heavy atom. The first-order valence-electron chi connectivity index (χ1n) is 9.16. The number of benzene rings is 3. The fourth-order valence-corrected chi connectivity index (χ4v) is 3.37. The van der Waals surface area contributed by atoms with Gasteiger partial charge in [-0.15, -0.1) is 0 Å². The number of anilines is 1. The number of nitrogens with one attached hydrogen (secondary N) is 1. The number of nitrogen functional groups attached to an aromatic ring is 1. The minimum Gasteiger partial charge on any atom is -0.480 e. The second-order valence-corrected chi connectivity index (χ2v) is 6.79. The number of fused-ring (bicyclic) bond motifs is 1. The van der Waals surface area contributed by atoms with Crippen LogP contribution >= 0.6 is 0 Å². The lowest BCUT2D eigenvalue weighted by Gasteiger charge is -2.24. The van der Waals surface area contributed by atoms with Gasteiger partial charge in [-0.2, -0.15) is 0 Å². The Kier molecular flexibility index (Phi) is 4.81. The van der Waals surface area contributed by atoms with Crippen LogP contribution in [0.4, 0.5) is 5.69 Å². The molecule has 1 aliphatic rings. The number of rotatable bonds is 4. The summed E-state index contributed by atoms with van der Waals surface area (Å²) in [5.41, 5.74) is 8.94. The fraction of sp³-hybridized carbons (Fsp3) is 0.130. The first kappa shape index (κ1) is 17.8. The smallest absolute Gasteiger partial charge is 0.268 e. The van der Waals surface area contributed by atoms with Crippen LogP contribution in [0.5, 0.6) is 5.75 Å². The molecule has 0 saturated heterocycles. The highest BCUT2D eigenvalue weighted by atomic mass is 16.5. The van der Waals surface area contributed by atoms with Crippen molar-refractivity contribution in [3.63, 3.8) is 0 Å². The molecule has 0 spiro atoms. The van der Waals surface area contributed by atoms with Crippen LogP contribution in [0, 0.1) is 5.41 Å². The molecule has 28 heavy (non-hydrogen) atoms. The lowest BCUT2D eigenvalue weighted by molar-refractivity contribution is -0.125. The molecule has 0 aromatic heterocycles. The van der Waals surface area contributed by atoms with Crippen LogP contribution in [-0.4, -0.2) is 17.8 Å². The summed E-state index contributed by atoms with van der Waals surface area (Å²) in [6.07, 6.45) is -0.116. The lowest BCUT2D eigenvalue weighted by atomic mass is 10.1. The van der Waals surface area contributed by atoms with Crippen molar-refractivity contribution in [1.82, 2.24) is 0 Å². The number of carbonyl (C=O) groups is 1. The molecule has 0 saturated carbocycles. The first-order valence-corrected chi connectivity index (χ1v) is 9.16. The van der Waals surface area contributed by atoms with E-state index in [1.54, 1.807) is 17.0 Å². The molecule has 5 heteroatoms.